The fourth-order valence-corrected chi connectivity index (χ4v) is 2.44. The molecule has 0 unspecified atom stereocenters. The van der Waals surface area contributed by atoms with Gasteiger partial charge < -0.3 is 9.84 Å². The first-order chi connectivity index (χ1) is 10.8. The maximum absolute atomic E-state index is 11.3. The van der Waals surface area contributed by atoms with Gasteiger partial charge in [-0.15, -0.1) is 0 Å². The zero-order chi connectivity index (χ0) is 17.0. The topological polar surface area (TPSA) is 72.3 Å². The lowest BCUT2D eigenvalue weighted by Crippen LogP contribution is -2.10. The molecule has 0 atom stereocenters. The lowest BCUT2D eigenvalue weighted by molar-refractivity contribution is 0.0692. The van der Waals surface area contributed by atoms with Crippen molar-refractivity contribution in [1.29, 1.82) is 0 Å². The Labute approximate surface area is 140 Å². The van der Waals surface area contributed by atoms with Gasteiger partial charge >= 0.3 is 5.97 Å². The number of hydrogen-bond donors (Lipinski definition) is 1. The van der Waals surface area contributed by atoms with Crippen molar-refractivity contribution in [3.05, 3.63) is 41.6 Å². The summed E-state index contributed by atoms with van der Waals surface area (Å²) >= 11 is 1.43. The number of carboxylic acid groups (broad SMARTS) is 1. The Morgan fingerprint density at radius 2 is 1.91 bits per heavy atom. The van der Waals surface area contributed by atoms with Crippen LogP contribution in [0.5, 0.6) is 11.6 Å². The second-order valence-electron chi connectivity index (χ2n) is 5.99. The average Bonchev–Trinajstić information content (AvgIpc) is 2.47. The van der Waals surface area contributed by atoms with Crippen LogP contribution in [0.25, 0.3) is 0 Å². The Hall–Kier alpha value is -2.08. The molecule has 2 rings (SSSR count). The van der Waals surface area contributed by atoms with E-state index < -0.39 is 5.97 Å². The Balaban J connectivity index is 2.30. The number of carbonyl (C=O) groups is 1. The minimum absolute atomic E-state index is 0.0462. The number of aromatic carboxylic acids is 1. The van der Waals surface area contributed by atoms with Gasteiger partial charge in [-0.3, -0.25) is 0 Å². The van der Waals surface area contributed by atoms with E-state index in [0.29, 0.717) is 10.9 Å². The molecule has 0 aliphatic carbocycles. The molecule has 1 N–H and O–H groups in total. The van der Waals surface area contributed by atoms with Crippen molar-refractivity contribution in [2.45, 2.75) is 38.3 Å². The molecule has 6 heteroatoms. The Morgan fingerprint density at radius 1 is 1.26 bits per heavy atom. The highest BCUT2D eigenvalue weighted by molar-refractivity contribution is 7.99. The third-order valence-electron chi connectivity index (χ3n) is 3.17. The van der Waals surface area contributed by atoms with E-state index in [1.807, 2.05) is 31.2 Å². The predicted molar refractivity (Wildman–Crippen MR) is 90.6 cm³/mol. The lowest BCUT2D eigenvalue weighted by Gasteiger charge is -2.19. The minimum atomic E-state index is -1.11. The third-order valence-corrected chi connectivity index (χ3v) is 3.91. The van der Waals surface area contributed by atoms with Crippen molar-refractivity contribution in [2.75, 3.05) is 5.75 Å². The summed E-state index contributed by atoms with van der Waals surface area (Å²) in [5.74, 6) is 0.296. The van der Waals surface area contributed by atoms with E-state index in [4.69, 9.17) is 4.74 Å². The van der Waals surface area contributed by atoms with Crippen LogP contribution >= 0.6 is 11.8 Å². The van der Waals surface area contributed by atoms with Crippen LogP contribution < -0.4 is 4.74 Å². The Kier molecular flexibility index (Phi) is 5.26. The van der Waals surface area contributed by atoms with Crippen molar-refractivity contribution in [1.82, 2.24) is 9.97 Å². The van der Waals surface area contributed by atoms with Gasteiger partial charge in [0, 0.05) is 6.20 Å². The van der Waals surface area contributed by atoms with Crippen molar-refractivity contribution >= 4 is 17.7 Å². The van der Waals surface area contributed by atoms with Gasteiger partial charge in [-0.05, 0) is 28.9 Å². The smallest absolute Gasteiger partial charge is 0.342 e. The average molecular weight is 332 g/mol. The van der Waals surface area contributed by atoms with Crippen molar-refractivity contribution in [3.63, 3.8) is 0 Å². The van der Waals surface area contributed by atoms with Gasteiger partial charge in [0.1, 0.15) is 11.3 Å². The van der Waals surface area contributed by atoms with E-state index in [0.717, 1.165) is 5.75 Å². The fourth-order valence-electron chi connectivity index (χ4n) is 1.91. The molecule has 2 aromatic rings. The maximum atomic E-state index is 11.3. The quantitative estimate of drug-likeness (QED) is 0.647. The molecule has 1 aromatic heterocycles. The van der Waals surface area contributed by atoms with E-state index in [9.17, 15) is 9.90 Å². The molecule has 1 aromatic carbocycles. The van der Waals surface area contributed by atoms with Crippen molar-refractivity contribution < 1.29 is 14.6 Å². The lowest BCUT2D eigenvalue weighted by atomic mass is 9.87. The van der Waals surface area contributed by atoms with Crippen LogP contribution in [0.2, 0.25) is 0 Å². The van der Waals surface area contributed by atoms with Gasteiger partial charge in [0.05, 0.1) is 0 Å². The first-order valence-corrected chi connectivity index (χ1v) is 8.31. The molecule has 0 saturated carbocycles. The van der Waals surface area contributed by atoms with Gasteiger partial charge in [-0.25, -0.2) is 9.78 Å². The molecule has 122 valence electrons. The monoisotopic (exact) mass is 332 g/mol. The number of rotatable bonds is 5. The number of thioether (sulfide) groups is 1. The molecule has 0 saturated heterocycles. The van der Waals surface area contributed by atoms with Gasteiger partial charge in [0.2, 0.25) is 5.88 Å². The maximum Gasteiger partial charge on any atom is 0.342 e. The molecule has 23 heavy (non-hydrogen) atoms. The zero-order valence-corrected chi connectivity index (χ0v) is 14.5. The van der Waals surface area contributed by atoms with Gasteiger partial charge in [-0.1, -0.05) is 51.6 Å². The molecular formula is C17H20N2O3S. The number of hydrogen-bond acceptors (Lipinski definition) is 5. The standard InChI is InChI=1S/C17H20N2O3S/c1-5-23-16-18-10-13(15(20)21)14(19-16)22-12-8-6-11(7-9-12)17(2,3)4/h6-10H,5H2,1-4H3,(H,20,21). The van der Waals surface area contributed by atoms with Crippen LogP contribution in [0.15, 0.2) is 35.6 Å². The van der Waals surface area contributed by atoms with Crippen LogP contribution in [0.1, 0.15) is 43.6 Å². The summed E-state index contributed by atoms with van der Waals surface area (Å²) in [6, 6.07) is 7.58. The highest BCUT2D eigenvalue weighted by atomic mass is 32.2. The molecular weight excluding hydrogens is 312 g/mol. The van der Waals surface area contributed by atoms with E-state index in [2.05, 4.69) is 30.7 Å². The highest BCUT2D eigenvalue weighted by Gasteiger charge is 2.17. The third kappa shape index (κ3) is 4.45. The Morgan fingerprint density at radius 3 is 2.43 bits per heavy atom. The normalized spacial score (nSPS) is 11.3. The molecule has 0 fully saturated rings. The van der Waals surface area contributed by atoms with Crippen LogP contribution in [0.3, 0.4) is 0 Å². The number of benzene rings is 1. The number of ether oxygens (including phenoxy) is 1. The molecule has 0 spiro atoms. The molecule has 1 heterocycles. The van der Waals surface area contributed by atoms with Crippen molar-refractivity contribution in [2.24, 2.45) is 0 Å². The van der Waals surface area contributed by atoms with Crippen LogP contribution in [0.4, 0.5) is 0 Å². The van der Waals surface area contributed by atoms with Crippen LogP contribution in [0, 0.1) is 0 Å². The van der Waals surface area contributed by atoms with Gasteiger partial charge in [-0.2, -0.15) is 4.98 Å². The summed E-state index contributed by atoms with van der Waals surface area (Å²) in [5.41, 5.74) is 1.17. The largest absolute Gasteiger partial charge is 0.477 e. The summed E-state index contributed by atoms with van der Waals surface area (Å²) in [6.45, 7) is 8.36. The summed E-state index contributed by atoms with van der Waals surface area (Å²) in [6.07, 6.45) is 1.28. The molecule has 0 aliphatic heterocycles. The van der Waals surface area contributed by atoms with Crippen LogP contribution in [-0.4, -0.2) is 26.8 Å². The summed E-state index contributed by atoms with van der Waals surface area (Å²) < 4.78 is 5.68. The van der Waals surface area contributed by atoms with Crippen LogP contribution in [-0.2, 0) is 5.41 Å². The SMILES string of the molecule is CCSc1ncc(C(=O)O)c(Oc2ccc(C(C)(C)C)cc2)n1. The minimum Gasteiger partial charge on any atom is -0.477 e. The van der Waals surface area contributed by atoms with E-state index >= 15 is 0 Å². The first kappa shape index (κ1) is 17.3. The summed E-state index contributed by atoms with van der Waals surface area (Å²) in [5, 5.41) is 9.75. The molecule has 0 radical (unpaired) electrons. The fraction of sp³-hybridized carbons (Fsp3) is 0.353. The second kappa shape index (κ2) is 7.00. The second-order valence-corrected chi connectivity index (χ2v) is 7.22. The van der Waals surface area contributed by atoms with E-state index in [-0.39, 0.29) is 16.9 Å². The molecule has 0 bridgehead atoms. The van der Waals surface area contributed by atoms with E-state index in [1.54, 1.807) is 0 Å². The summed E-state index contributed by atoms with van der Waals surface area (Å²) in [7, 11) is 0. The Bertz CT molecular complexity index is 694. The zero-order valence-electron chi connectivity index (χ0n) is 13.7. The molecule has 0 aliphatic rings. The summed E-state index contributed by atoms with van der Waals surface area (Å²) in [4.78, 5) is 19.5. The first-order valence-electron chi connectivity index (χ1n) is 7.32. The molecule has 0 amide bonds. The van der Waals surface area contributed by atoms with Gasteiger partial charge in [0.15, 0.2) is 5.16 Å². The highest BCUT2D eigenvalue weighted by Crippen LogP contribution is 2.28. The van der Waals surface area contributed by atoms with Crippen molar-refractivity contribution in [3.8, 4) is 11.6 Å². The number of aromatic nitrogens is 2. The predicted octanol–water partition coefficient (Wildman–Crippen LogP) is 4.38. The molecule has 5 nitrogen and oxygen atoms in total. The van der Waals surface area contributed by atoms with E-state index in [1.165, 1.54) is 23.5 Å². The van der Waals surface area contributed by atoms with Gasteiger partial charge in [0.25, 0.3) is 0 Å². The number of carboxylic acids is 1. The number of nitrogens with zero attached hydrogens (tertiary/aromatic N) is 2.